The molecule has 5 rings (SSSR count). The second-order valence-electron chi connectivity index (χ2n) is 5.87. The highest BCUT2D eigenvalue weighted by Gasteiger charge is 2.15. The lowest BCUT2D eigenvalue weighted by Crippen LogP contribution is -1.88. The number of pyridine rings is 1. The highest BCUT2D eigenvalue weighted by atomic mass is 35.5. The van der Waals surface area contributed by atoms with Gasteiger partial charge in [0.15, 0.2) is 0 Å². The van der Waals surface area contributed by atoms with Crippen LogP contribution in [0.15, 0.2) is 60.7 Å². The first-order valence-electron chi connectivity index (χ1n) is 7.60. The van der Waals surface area contributed by atoms with E-state index in [0.717, 1.165) is 26.8 Å². The summed E-state index contributed by atoms with van der Waals surface area (Å²) in [5, 5.41) is 5.23. The van der Waals surface area contributed by atoms with Crippen LogP contribution in [0.3, 0.4) is 0 Å². The largest absolute Gasteiger partial charge is 0.344 e. The summed E-state index contributed by atoms with van der Waals surface area (Å²) in [4.78, 5) is 4.81. The Morgan fingerprint density at radius 2 is 1.48 bits per heavy atom. The molecule has 3 heteroatoms. The van der Waals surface area contributed by atoms with Crippen LogP contribution in [0.2, 0.25) is 5.02 Å². The number of benzene rings is 3. The number of nitrogens with zero attached hydrogens (tertiary/aromatic N) is 2. The fourth-order valence-corrected chi connectivity index (χ4v) is 3.93. The van der Waals surface area contributed by atoms with Crippen LogP contribution < -0.4 is 0 Å². The Bertz CT molecular complexity index is 1230. The molecule has 0 saturated heterocycles. The first-order chi connectivity index (χ1) is 11.3. The van der Waals surface area contributed by atoms with E-state index in [2.05, 4.69) is 48.0 Å². The third kappa shape index (κ3) is 1.61. The summed E-state index contributed by atoms with van der Waals surface area (Å²) >= 11 is 6.81. The van der Waals surface area contributed by atoms with Gasteiger partial charge >= 0.3 is 0 Å². The van der Waals surface area contributed by atoms with Crippen molar-refractivity contribution in [1.29, 1.82) is 0 Å². The number of para-hydroxylation sites is 2. The van der Waals surface area contributed by atoms with Crippen molar-refractivity contribution in [2.24, 2.45) is 7.05 Å². The molecule has 0 atom stereocenters. The van der Waals surface area contributed by atoms with Crippen molar-refractivity contribution in [3.63, 3.8) is 0 Å². The maximum absolute atomic E-state index is 6.81. The van der Waals surface area contributed by atoms with E-state index in [1.165, 1.54) is 21.8 Å². The Labute approximate surface area is 137 Å². The summed E-state index contributed by atoms with van der Waals surface area (Å²) in [7, 11) is 2.10. The third-order valence-corrected chi connectivity index (χ3v) is 5.05. The van der Waals surface area contributed by atoms with E-state index in [0.29, 0.717) is 0 Å². The zero-order chi connectivity index (χ0) is 15.6. The molecule has 0 radical (unpaired) electrons. The lowest BCUT2D eigenvalue weighted by Gasteiger charge is -2.07. The van der Waals surface area contributed by atoms with Gasteiger partial charge in [-0.15, -0.1) is 0 Å². The summed E-state index contributed by atoms with van der Waals surface area (Å²) in [5.74, 6) is 0. The Kier molecular flexibility index (Phi) is 2.51. The van der Waals surface area contributed by atoms with Crippen LogP contribution in [-0.2, 0) is 7.05 Å². The fourth-order valence-electron chi connectivity index (χ4n) is 3.58. The van der Waals surface area contributed by atoms with Crippen molar-refractivity contribution >= 4 is 55.2 Å². The van der Waals surface area contributed by atoms with Crippen LogP contribution in [0.1, 0.15) is 0 Å². The summed E-state index contributed by atoms with van der Waals surface area (Å²) in [6.45, 7) is 0. The molecule has 2 aromatic heterocycles. The van der Waals surface area contributed by atoms with Crippen LogP contribution in [-0.4, -0.2) is 9.55 Å². The number of rotatable bonds is 0. The van der Waals surface area contributed by atoms with E-state index in [1.807, 2.05) is 24.3 Å². The van der Waals surface area contributed by atoms with Gasteiger partial charge in [0, 0.05) is 39.6 Å². The number of halogens is 1. The summed E-state index contributed by atoms with van der Waals surface area (Å²) in [6, 6.07) is 20.7. The van der Waals surface area contributed by atoms with E-state index in [1.54, 1.807) is 0 Å². The standard InChI is InChI=1S/C20H13ClN2/c1-23-16-9-5-3-7-13(16)18-17(23)11-10-15-19(18)20(21)12-6-2-4-8-14(12)22-15/h2-11H,1H3. The minimum Gasteiger partial charge on any atom is -0.344 e. The van der Waals surface area contributed by atoms with E-state index in [-0.39, 0.29) is 0 Å². The van der Waals surface area contributed by atoms with Gasteiger partial charge in [0.25, 0.3) is 0 Å². The minimum atomic E-state index is 0.785. The van der Waals surface area contributed by atoms with E-state index in [9.17, 15) is 0 Å². The summed E-state index contributed by atoms with van der Waals surface area (Å²) < 4.78 is 2.22. The molecule has 0 N–H and O–H groups in total. The zero-order valence-electron chi connectivity index (χ0n) is 12.5. The number of fused-ring (bicyclic) bond motifs is 6. The van der Waals surface area contributed by atoms with Gasteiger partial charge in [0.2, 0.25) is 0 Å². The van der Waals surface area contributed by atoms with E-state index >= 15 is 0 Å². The van der Waals surface area contributed by atoms with Crippen LogP contribution in [0.4, 0.5) is 0 Å². The summed E-state index contributed by atoms with van der Waals surface area (Å²) in [5.41, 5.74) is 4.26. The third-order valence-electron chi connectivity index (χ3n) is 4.66. The van der Waals surface area contributed by atoms with Crippen molar-refractivity contribution in [3.8, 4) is 0 Å². The Morgan fingerprint density at radius 1 is 0.739 bits per heavy atom. The molecule has 2 nitrogen and oxygen atoms in total. The maximum Gasteiger partial charge on any atom is 0.0732 e. The first kappa shape index (κ1) is 12.9. The molecule has 0 amide bonds. The molecule has 5 aromatic rings. The second-order valence-corrected chi connectivity index (χ2v) is 6.25. The highest BCUT2D eigenvalue weighted by molar-refractivity contribution is 6.43. The Balaban J connectivity index is 2.15. The lowest BCUT2D eigenvalue weighted by atomic mass is 10.0. The molecular formula is C20H13ClN2. The normalized spacial score (nSPS) is 11.9. The van der Waals surface area contributed by atoms with E-state index in [4.69, 9.17) is 16.6 Å². The predicted molar refractivity (Wildman–Crippen MR) is 98.2 cm³/mol. The number of aryl methyl sites for hydroxylation is 1. The molecule has 0 aliphatic carbocycles. The van der Waals surface area contributed by atoms with Crippen molar-refractivity contribution in [2.75, 3.05) is 0 Å². The monoisotopic (exact) mass is 316 g/mol. The number of hydrogen-bond acceptors (Lipinski definition) is 1. The van der Waals surface area contributed by atoms with Gasteiger partial charge in [-0.25, -0.2) is 4.98 Å². The molecule has 0 saturated carbocycles. The Morgan fingerprint density at radius 3 is 2.35 bits per heavy atom. The summed E-state index contributed by atoms with van der Waals surface area (Å²) in [6.07, 6.45) is 0. The minimum absolute atomic E-state index is 0.785. The number of aromatic nitrogens is 2. The molecule has 2 heterocycles. The van der Waals surface area contributed by atoms with Crippen molar-refractivity contribution in [3.05, 3.63) is 65.7 Å². The molecule has 0 fully saturated rings. The average molecular weight is 317 g/mol. The van der Waals surface area contributed by atoms with Gasteiger partial charge in [0.05, 0.1) is 16.1 Å². The molecule has 0 bridgehead atoms. The van der Waals surface area contributed by atoms with Crippen LogP contribution >= 0.6 is 11.6 Å². The van der Waals surface area contributed by atoms with Crippen molar-refractivity contribution in [1.82, 2.24) is 9.55 Å². The van der Waals surface area contributed by atoms with Gasteiger partial charge < -0.3 is 4.57 Å². The van der Waals surface area contributed by atoms with Gasteiger partial charge in [0.1, 0.15) is 0 Å². The van der Waals surface area contributed by atoms with E-state index < -0.39 is 0 Å². The lowest BCUT2D eigenvalue weighted by molar-refractivity contribution is 1.01. The van der Waals surface area contributed by atoms with Crippen LogP contribution in [0, 0.1) is 0 Å². The SMILES string of the molecule is Cn1c2ccccc2c2c3c(Cl)c4ccccc4nc3ccc21. The quantitative estimate of drug-likeness (QED) is 0.336. The van der Waals surface area contributed by atoms with Crippen molar-refractivity contribution in [2.45, 2.75) is 0 Å². The smallest absolute Gasteiger partial charge is 0.0732 e. The molecule has 23 heavy (non-hydrogen) atoms. The molecule has 0 aliphatic rings. The topological polar surface area (TPSA) is 17.8 Å². The molecule has 110 valence electrons. The maximum atomic E-state index is 6.81. The fraction of sp³-hybridized carbons (Fsp3) is 0.0500. The van der Waals surface area contributed by atoms with Gasteiger partial charge in [-0.3, -0.25) is 0 Å². The second kappa shape index (κ2) is 4.46. The van der Waals surface area contributed by atoms with Gasteiger partial charge in [-0.1, -0.05) is 48.0 Å². The van der Waals surface area contributed by atoms with Gasteiger partial charge in [-0.05, 0) is 24.3 Å². The zero-order valence-corrected chi connectivity index (χ0v) is 13.3. The van der Waals surface area contributed by atoms with Crippen LogP contribution in [0.25, 0.3) is 43.6 Å². The molecule has 0 unspecified atom stereocenters. The first-order valence-corrected chi connectivity index (χ1v) is 7.97. The molecule has 0 aliphatic heterocycles. The van der Waals surface area contributed by atoms with Gasteiger partial charge in [-0.2, -0.15) is 0 Å². The average Bonchev–Trinajstić information content (AvgIpc) is 2.88. The Hall–Kier alpha value is -2.58. The number of hydrogen-bond donors (Lipinski definition) is 0. The molecule has 0 spiro atoms. The van der Waals surface area contributed by atoms with Crippen LogP contribution in [0.5, 0.6) is 0 Å². The predicted octanol–water partition coefficient (Wildman–Crippen LogP) is 5.69. The molecular weight excluding hydrogens is 304 g/mol. The van der Waals surface area contributed by atoms with Crippen molar-refractivity contribution < 1.29 is 0 Å². The molecule has 3 aromatic carbocycles. The highest BCUT2D eigenvalue weighted by Crippen LogP contribution is 2.39.